The summed E-state index contributed by atoms with van der Waals surface area (Å²) >= 11 is 0. The second-order valence-corrected chi connectivity index (χ2v) is 6.39. The molecule has 0 bridgehead atoms. The van der Waals surface area contributed by atoms with Crippen molar-refractivity contribution in [1.29, 1.82) is 0 Å². The summed E-state index contributed by atoms with van der Waals surface area (Å²) in [6.07, 6.45) is 7.46. The van der Waals surface area contributed by atoms with E-state index in [-0.39, 0.29) is 23.9 Å². The lowest BCUT2D eigenvalue weighted by molar-refractivity contribution is -0.129. The first-order valence-corrected chi connectivity index (χ1v) is 8.15. The summed E-state index contributed by atoms with van der Waals surface area (Å²) in [5.74, 6) is -0.110. The van der Waals surface area contributed by atoms with E-state index in [0.717, 1.165) is 18.4 Å². The Morgan fingerprint density at radius 1 is 1.29 bits per heavy atom. The third-order valence-electron chi connectivity index (χ3n) is 4.70. The molecule has 1 N–H and O–H groups in total. The van der Waals surface area contributed by atoms with Gasteiger partial charge in [0.15, 0.2) is 0 Å². The van der Waals surface area contributed by atoms with Crippen LogP contribution < -0.4 is 5.32 Å². The monoisotopic (exact) mass is 325 g/mol. The molecule has 2 aromatic rings. The zero-order valence-electron chi connectivity index (χ0n) is 13.4. The van der Waals surface area contributed by atoms with Gasteiger partial charge in [0.1, 0.15) is 5.69 Å². The Balaban J connectivity index is 1.62. The van der Waals surface area contributed by atoms with Gasteiger partial charge in [-0.05, 0) is 30.5 Å². The van der Waals surface area contributed by atoms with Crippen LogP contribution in [0.25, 0.3) is 0 Å². The van der Waals surface area contributed by atoms with Gasteiger partial charge in [0.25, 0.3) is 5.91 Å². The molecule has 0 aromatic carbocycles. The third-order valence-corrected chi connectivity index (χ3v) is 4.70. The molecule has 3 heterocycles. The first kappa shape index (κ1) is 14.9. The van der Waals surface area contributed by atoms with E-state index in [0.29, 0.717) is 18.2 Å². The van der Waals surface area contributed by atoms with Crippen molar-refractivity contribution in [2.24, 2.45) is 7.05 Å². The maximum Gasteiger partial charge on any atom is 0.269 e. The molecule has 124 valence electrons. The van der Waals surface area contributed by atoms with Gasteiger partial charge in [-0.1, -0.05) is 6.07 Å². The highest BCUT2D eigenvalue weighted by Crippen LogP contribution is 2.41. The van der Waals surface area contributed by atoms with Crippen molar-refractivity contribution in [1.82, 2.24) is 25.0 Å². The van der Waals surface area contributed by atoms with Crippen molar-refractivity contribution in [2.45, 2.75) is 37.4 Å². The second-order valence-electron chi connectivity index (χ2n) is 6.39. The van der Waals surface area contributed by atoms with Crippen LogP contribution in [0.2, 0.25) is 0 Å². The lowest BCUT2D eigenvalue weighted by atomic mass is 10.0. The summed E-state index contributed by atoms with van der Waals surface area (Å²) in [6.45, 7) is 0. The molecule has 7 heteroatoms. The lowest BCUT2D eigenvalue weighted by Crippen LogP contribution is -2.41. The van der Waals surface area contributed by atoms with Crippen LogP contribution in [0.3, 0.4) is 0 Å². The summed E-state index contributed by atoms with van der Waals surface area (Å²) in [4.78, 5) is 31.2. The Bertz CT molecular complexity index is 768. The highest BCUT2D eigenvalue weighted by atomic mass is 16.2. The molecule has 2 aliphatic rings. The van der Waals surface area contributed by atoms with E-state index in [1.165, 1.54) is 4.68 Å². The Labute approximate surface area is 139 Å². The maximum atomic E-state index is 12.5. The number of hydrogen-bond acceptors (Lipinski definition) is 4. The predicted octanol–water partition coefficient (Wildman–Crippen LogP) is 1.05. The van der Waals surface area contributed by atoms with E-state index < -0.39 is 0 Å². The minimum absolute atomic E-state index is 0.0988. The second kappa shape index (κ2) is 5.74. The Morgan fingerprint density at radius 3 is 2.75 bits per heavy atom. The van der Waals surface area contributed by atoms with Crippen LogP contribution in [-0.2, 0) is 11.8 Å². The van der Waals surface area contributed by atoms with E-state index in [1.54, 1.807) is 31.7 Å². The number of carbonyl (C=O) groups is 2. The molecule has 1 aliphatic carbocycles. The van der Waals surface area contributed by atoms with Crippen LogP contribution in [0.15, 0.2) is 36.8 Å². The molecule has 7 nitrogen and oxygen atoms in total. The van der Waals surface area contributed by atoms with Crippen molar-refractivity contribution in [3.05, 3.63) is 48.0 Å². The van der Waals surface area contributed by atoms with Crippen LogP contribution in [-0.4, -0.2) is 43.6 Å². The zero-order valence-corrected chi connectivity index (χ0v) is 13.4. The number of carbonyl (C=O) groups excluding carboxylic acids is 2. The molecule has 2 atom stereocenters. The van der Waals surface area contributed by atoms with E-state index in [2.05, 4.69) is 15.4 Å². The van der Waals surface area contributed by atoms with Crippen molar-refractivity contribution in [3.8, 4) is 0 Å². The fourth-order valence-corrected chi connectivity index (χ4v) is 3.45. The zero-order chi connectivity index (χ0) is 16.7. The van der Waals surface area contributed by atoms with E-state index >= 15 is 0 Å². The average molecular weight is 325 g/mol. The quantitative estimate of drug-likeness (QED) is 0.911. The highest BCUT2D eigenvalue weighted by Gasteiger charge is 2.47. The maximum absolute atomic E-state index is 12.5. The topological polar surface area (TPSA) is 80.1 Å². The number of aromatic nitrogens is 3. The van der Waals surface area contributed by atoms with Crippen LogP contribution in [0.1, 0.15) is 41.4 Å². The predicted molar refractivity (Wildman–Crippen MR) is 85.9 cm³/mol. The Morgan fingerprint density at radius 2 is 2.12 bits per heavy atom. The largest absolute Gasteiger partial charge is 0.345 e. The number of rotatable bonds is 4. The molecule has 24 heavy (non-hydrogen) atoms. The average Bonchev–Trinajstić information content (AvgIpc) is 3.24. The minimum Gasteiger partial charge on any atom is -0.345 e. The van der Waals surface area contributed by atoms with Gasteiger partial charge in [-0.2, -0.15) is 5.10 Å². The number of pyridine rings is 1. The van der Waals surface area contributed by atoms with Gasteiger partial charge >= 0.3 is 0 Å². The van der Waals surface area contributed by atoms with Crippen molar-refractivity contribution < 1.29 is 9.59 Å². The molecule has 1 saturated heterocycles. The summed E-state index contributed by atoms with van der Waals surface area (Å²) in [6, 6.07) is 5.38. The Kier molecular flexibility index (Phi) is 3.55. The summed E-state index contributed by atoms with van der Waals surface area (Å²) < 4.78 is 1.53. The number of amides is 2. The van der Waals surface area contributed by atoms with Crippen LogP contribution in [0, 0.1) is 0 Å². The molecule has 0 unspecified atom stereocenters. The molecule has 0 radical (unpaired) electrons. The number of likely N-dealkylation sites (tertiary alicyclic amines) is 1. The number of nitrogens with one attached hydrogen (secondary N) is 1. The minimum atomic E-state index is -0.260. The normalized spacial score (nSPS) is 23.5. The van der Waals surface area contributed by atoms with Crippen molar-refractivity contribution in [3.63, 3.8) is 0 Å². The first-order valence-electron chi connectivity index (χ1n) is 8.15. The molecule has 1 aliphatic heterocycles. The SMILES string of the molecule is Cn1nccc1C(=O)N[C@@H]1CC(=O)N(C2CC2)[C@H]1c1cccnc1. The molecule has 2 aromatic heterocycles. The van der Waals surface area contributed by atoms with Gasteiger partial charge in [0.05, 0.1) is 12.1 Å². The van der Waals surface area contributed by atoms with Gasteiger partial charge in [-0.3, -0.25) is 19.3 Å². The molecule has 4 rings (SSSR count). The van der Waals surface area contributed by atoms with Gasteiger partial charge in [-0.15, -0.1) is 0 Å². The fraction of sp³-hybridized carbons (Fsp3) is 0.412. The number of aryl methyl sites for hydroxylation is 1. The molecular weight excluding hydrogens is 306 g/mol. The van der Waals surface area contributed by atoms with Crippen molar-refractivity contribution >= 4 is 11.8 Å². The number of nitrogens with zero attached hydrogens (tertiary/aromatic N) is 4. The molecule has 2 fully saturated rings. The van der Waals surface area contributed by atoms with Crippen molar-refractivity contribution in [2.75, 3.05) is 0 Å². The highest BCUT2D eigenvalue weighted by molar-refractivity contribution is 5.93. The smallest absolute Gasteiger partial charge is 0.269 e. The Hall–Kier alpha value is -2.70. The lowest BCUT2D eigenvalue weighted by Gasteiger charge is -2.28. The molecule has 2 amide bonds. The standard InChI is InChI=1S/C17H19N5O2/c1-21-14(6-8-19-21)17(24)20-13-9-15(23)22(12-4-5-12)16(13)11-3-2-7-18-10-11/h2-3,6-8,10,12-13,16H,4-5,9H2,1H3,(H,20,24)/t13-,16+/m1/s1. The molecular formula is C17H19N5O2. The fourth-order valence-electron chi connectivity index (χ4n) is 3.45. The van der Waals surface area contributed by atoms with Gasteiger partial charge in [0.2, 0.25) is 5.91 Å². The summed E-state index contributed by atoms with van der Waals surface area (Å²) in [7, 11) is 1.73. The van der Waals surface area contributed by atoms with Gasteiger partial charge in [0, 0.05) is 38.1 Å². The van der Waals surface area contributed by atoms with Crippen LogP contribution in [0.4, 0.5) is 0 Å². The molecule has 1 saturated carbocycles. The van der Waals surface area contributed by atoms with E-state index in [9.17, 15) is 9.59 Å². The first-order chi connectivity index (χ1) is 11.6. The molecule has 0 spiro atoms. The van der Waals surface area contributed by atoms with Gasteiger partial charge < -0.3 is 10.2 Å². The van der Waals surface area contributed by atoms with E-state index in [4.69, 9.17) is 0 Å². The van der Waals surface area contributed by atoms with Crippen LogP contribution >= 0.6 is 0 Å². The third kappa shape index (κ3) is 2.55. The van der Waals surface area contributed by atoms with Gasteiger partial charge in [-0.25, -0.2) is 0 Å². The van der Waals surface area contributed by atoms with E-state index in [1.807, 2.05) is 17.0 Å². The summed E-state index contributed by atoms with van der Waals surface area (Å²) in [5.41, 5.74) is 1.45. The van der Waals surface area contributed by atoms with Crippen LogP contribution in [0.5, 0.6) is 0 Å². The number of hydrogen-bond donors (Lipinski definition) is 1. The summed E-state index contributed by atoms with van der Waals surface area (Å²) in [5, 5.41) is 7.05.